The number of anilines is 1. The molecule has 2 rings (SSSR count). The predicted octanol–water partition coefficient (Wildman–Crippen LogP) is 2.03. The number of aromatic nitrogens is 3. The Bertz CT molecular complexity index is 463. The maximum atomic E-state index is 10.7. The minimum absolute atomic E-state index is 0.0174. The zero-order chi connectivity index (χ0) is 14.0. The van der Waals surface area contributed by atoms with Crippen molar-refractivity contribution in [2.45, 2.75) is 44.3 Å². The van der Waals surface area contributed by atoms with E-state index < -0.39 is 5.97 Å². The maximum absolute atomic E-state index is 10.7. The number of aliphatic carboxylic acids is 1. The summed E-state index contributed by atoms with van der Waals surface area (Å²) in [6.45, 7) is 4.44. The average molecular weight is 284 g/mol. The number of carboxylic acids is 1. The van der Waals surface area contributed by atoms with Crippen molar-refractivity contribution in [2.75, 3.05) is 11.5 Å². The van der Waals surface area contributed by atoms with Crippen molar-refractivity contribution >= 4 is 23.7 Å². The molecule has 1 aromatic rings. The summed E-state index contributed by atoms with van der Waals surface area (Å²) < 4.78 is 1.92. The summed E-state index contributed by atoms with van der Waals surface area (Å²) >= 11 is 1.18. The first-order valence-corrected chi connectivity index (χ1v) is 7.58. The van der Waals surface area contributed by atoms with Crippen molar-refractivity contribution in [3.05, 3.63) is 0 Å². The normalized spacial score (nSPS) is 26.7. The SMILES string of the molecule is CCC1CCC(n2c(N)nnc2SCC(=O)O)C1C. The highest BCUT2D eigenvalue weighted by atomic mass is 32.2. The molecule has 3 unspecified atom stereocenters. The van der Waals surface area contributed by atoms with Crippen LogP contribution in [-0.4, -0.2) is 31.6 Å². The fourth-order valence-corrected chi connectivity index (χ4v) is 3.71. The van der Waals surface area contributed by atoms with E-state index in [0.717, 1.165) is 12.8 Å². The van der Waals surface area contributed by atoms with E-state index in [1.54, 1.807) is 0 Å². The van der Waals surface area contributed by atoms with E-state index in [1.165, 1.54) is 18.2 Å². The zero-order valence-corrected chi connectivity index (χ0v) is 12.1. The highest BCUT2D eigenvalue weighted by Gasteiger charge is 2.35. The van der Waals surface area contributed by atoms with Crippen LogP contribution in [0.2, 0.25) is 0 Å². The van der Waals surface area contributed by atoms with Gasteiger partial charge in [0.05, 0.1) is 5.75 Å². The van der Waals surface area contributed by atoms with Gasteiger partial charge < -0.3 is 10.8 Å². The number of carboxylic acid groups (broad SMARTS) is 1. The third-order valence-corrected chi connectivity index (χ3v) is 4.98. The van der Waals surface area contributed by atoms with Gasteiger partial charge in [-0.2, -0.15) is 0 Å². The number of rotatable bonds is 5. The van der Waals surface area contributed by atoms with E-state index in [-0.39, 0.29) is 11.8 Å². The van der Waals surface area contributed by atoms with E-state index in [9.17, 15) is 4.79 Å². The van der Waals surface area contributed by atoms with Crippen molar-refractivity contribution in [3.63, 3.8) is 0 Å². The third kappa shape index (κ3) is 2.86. The molecule has 1 aromatic heterocycles. The van der Waals surface area contributed by atoms with E-state index in [2.05, 4.69) is 24.0 Å². The van der Waals surface area contributed by atoms with Crippen LogP contribution in [-0.2, 0) is 4.79 Å². The van der Waals surface area contributed by atoms with E-state index in [4.69, 9.17) is 10.8 Å². The minimum atomic E-state index is -0.857. The van der Waals surface area contributed by atoms with Gasteiger partial charge in [-0.25, -0.2) is 0 Å². The number of thioether (sulfide) groups is 1. The zero-order valence-electron chi connectivity index (χ0n) is 11.2. The summed E-state index contributed by atoms with van der Waals surface area (Å²) in [5, 5.41) is 17.3. The second-order valence-corrected chi connectivity index (χ2v) is 6.01. The summed E-state index contributed by atoms with van der Waals surface area (Å²) in [6, 6.07) is 0.288. The molecule has 3 N–H and O–H groups in total. The molecule has 0 bridgehead atoms. The van der Waals surface area contributed by atoms with Gasteiger partial charge in [0.2, 0.25) is 5.95 Å². The number of hydrogen-bond donors (Lipinski definition) is 2. The molecule has 0 spiro atoms. The molecular formula is C12H20N4O2S. The van der Waals surface area contributed by atoms with Crippen LogP contribution in [0.15, 0.2) is 5.16 Å². The molecule has 6 nitrogen and oxygen atoms in total. The van der Waals surface area contributed by atoms with Crippen LogP contribution in [0.1, 0.15) is 39.2 Å². The molecule has 3 atom stereocenters. The van der Waals surface area contributed by atoms with Gasteiger partial charge in [-0.1, -0.05) is 32.0 Å². The fourth-order valence-electron chi connectivity index (χ4n) is 2.99. The first-order valence-electron chi connectivity index (χ1n) is 6.59. The molecule has 1 aliphatic carbocycles. The average Bonchev–Trinajstić information content (AvgIpc) is 2.90. The Hall–Kier alpha value is -1.24. The summed E-state index contributed by atoms with van der Waals surface area (Å²) in [6.07, 6.45) is 3.41. The summed E-state index contributed by atoms with van der Waals surface area (Å²) in [5.74, 6) is 0.735. The Morgan fingerprint density at radius 3 is 2.84 bits per heavy atom. The van der Waals surface area contributed by atoms with E-state index in [1.807, 2.05) is 4.57 Å². The fraction of sp³-hybridized carbons (Fsp3) is 0.750. The molecular weight excluding hydrogens is 264 g/mol. The molecule has 0 radical (unpaired) electrons. The Balaban J connectivity index is 2.19. The van der Waals surface area contributed by atoms with Gasteiger partial charge >= 0.3 is 5.97 Å². The van der Waals surface area contributed by atoms with Crippen LogP contribution in [0.3, 0.4) is 0 Å². The highest BCUT2D eigenvalue weighted by molar-refractivity contribution is 7.99. The first-order chi connectivity index (χ1) is 9.04. The lowest BCUT2D eigenvalue weighted by atomic mass is 9.93. The lowest BCUT2D eigenvalue weighted by Crippen LogP contribution is -2.18. The van der Waals surface area contributed by atoms with Gasteiger partial charge in [0.15, 0.2) is 5.16 Å². The predicted molar refractivity (Wildman–Crippen MR) is 74.0 cm³/mol. The van der Waals surface area contributed by atoms with Crippen LogP contribution in [0.5, 0.6) is 0 Å². The molecule has 19 heavy (non-hydrogen) atoms. The summed E-state index contributed by atoms with van der Waals surface area (Å²) in [4.78, 5) is 10.7. The number of nitrogens with zero attached hydrogens (tertiary/aromatic N) is 3. The van der Waals surface area contributed by atoms with Crippen LogP contribution in [0, 0.1) is 11.8 Å². The summed E-state index contributed by atoms with van der Waals surface area (Å²) in [5.41, 5.74) is 5.91. The van der Waals surface area contributed by atoms with Crippen LogP contribution in [0.4, 0.5) is 5.95 Å². The second kappa shape index (κ2) is 5.81. The topological polar surface area (TPSA) is 94.0 Å². The van der Waals surface area contributed by atoms with Gasteiger partial charge in [0.1, 0.15) is 0 Å². The maximum Gasteiger partial charge on any atom is 0.313 e. The smallest absolute Gasteiger partial charge is 0.313 e. The van der Waals surface area contributed by atoms with Crippen LogP contribution in [0.25, 0.3) is 0 Å². The molecule has 1 heterocycles. The first kappa shape index (κ1) is 14.2. The van der Waals surface area contributed by atoms with Crippen molar-refractivity contribution in [1.82, 2.24) is 14.8 Å². The number of hydrogen-bond acceptors (Lipinski definition) is 5. The molecule has 1 aliphatic rings. The molecule has 0 aromatic carbocycles. The van der Waals surface area contributed by atoms with Crippen molar-refractivity contribution < 1.29 is 9.90 Å². The van der Waals surface area contributed by atoms with E-state index >= 15 is 0 Å². The Morgan fingerprint density at radius 1 is 1.53 bits per heavy atom. The Kier molecular flexibility index (Phi) is 4.34. The molecule has 1 fully saturated rings. The lowest BCUT2D eigenvalue weighted by Gasteiger charge is -2.22. The van der Waals surface area contributed by atoms with Crippen molar-refractivity contribution in [3.8, 4) is 0 Å². The molecule has 0 saturated heterocycles. The molecule has 0 aliphatic heterocycles. The molecule has 0 amide bonds. The second-order valence-electron chi connectivity index (χ2n) is 5.07. The molecule has 1 saturated carbocycles. The van der Waals surface area contributed by atoms with Crippen LogP contribution >= 0.6 is 11.8 Å². The van der Waals surface area contributed by atoms with Gasteiger partial charge in [-0.15, -0.1) is 10.2 Å². The third-order valence-electron chi connectivity index (χ3n) is 4.06. The monoisotopic (exact) mass is 284 g/mol. The Labute approximate surface area is 116 Å². The van der Waals surface area contributed by atoms with Gasteiger partial charge in [0, 0.05) is 6.04 Å². The largest absolute Gasteiger partial charge is 0.481 e. The molecule has 7 heteroatoms. The number of nitrogens with two attached hydrogens (primary N) is 1. The van der Waals surface area contributed by atoms with E-state index in [0.29, 0.717) is 22.9 Å². The van der Waals surface area contributed by atoms with Crippen LogP contribution < -0.4 is 5.73 Å². The van der Waals surface area contributed by atoms with Gasteiger partial charge in [-0.05, 0) is 24.7 Å². The standard InChI is InChI=1S/C12H20N4O2S/c1-3-8-4-5-9(7(8)2)16-11(13)14-15-12(16)19-6-10(17)18/h7-9H,3-6H2,1-2H3,(H2,13,14)(H,17,18). The van der Waals surface area contributed by atoms with Crippen molar-refractivity contribution in [1.29, 1.82) is 0 Å². The Morgan fingerprint density at radius 2 is 2.26 bits per heavy atom. The molecule has 106 valence electrons. The minimum Gasteiger partial charge on any atom is -0.481 e. The lowest BCUT2D eigenvalue weighted by molar-refractivity contribution is -0.133. The highest BCUT2D eigenvalue weighted by Crippen LogP contribution is 2.43. The summed E-state index contributed by atoms with van der Waals surface area (Å²) in [7, 11) is 0. The van der Waals surface area contributed by atoms with Crippen molar-refractivity contribution in [2.24, 2.45) is 11.8 Å². The van der Waals surface area contributed by atoms with Gasteiger partial charge in [-0.3, -0.25) is 9.36 Å². The number of nitrogen functional groups attached to an aromatic ring is 1. The quantitative estimate of drug-likeness (QED) is 0.803. The number of carbonyl (C=O) groups is 1. The van der Waals surface area contributed by atoms with Gasteiger partial charge in [0.25, 0.3) is 0 Å².